The van der Waals surface area contributed by atoms with Crippen LogP contribution in [0.5, 0.6) is 0 Å². The Morgan fingerprint density at radius 3 is 2.45 bits per heavy atom. The lowest BCUT2D eigenvalue weighted by molar-refractivity contribution is 0.102. The van der Waals surface area contributed by atoms with Gasteiger partial charge in [0.15, 0.2) is 0 Å². The van der Waals surface area contributed by atoms with Crippen LogP contribution in [0, 0.1) is 0 Å². The summed E-state index contributed by atoms with van der Waals surface area (Å²) in [7, 11) is 0. The molecule has 4 aromatic rings. The maximum atomic E-state index is 12.8. The maximum Gasteiger partial charge on any atom is 0.255 e. The number of azo groups is 1. The van der Waals surface area contributed by atoms with Gasteiger partial charge in [0.25, 0.3) is 5.91 Å². The molecule has 4 rings (SSSR count). The van der Waals surface area contributed by atoms with Crippen LogP contribution < -0.4 is 10.2 Å². The van der Waals surface area contributed by atoms with Crippen LogP contribution in [-0.4, -0.2) is 24.0 Å². The van der Waals surface area contributed by atoms with Gasteiger partial charge in [0, 0.05) is 24.3 Å². The predicted octanol–water partition coefficient (Wildman–Crippen LogP) is 6.81. The highest BCUT2D eigenvalue weighted by Gasteiger charge is 2.12. The van der Waals surface area contributed by atoms with Crippen LogP contribution in [0.15, 0.2) is 83.0 Å². The molecule has 0 fully saturated rings. The Kier molecular flexibility index (Phi) is 6.33. The summed E-state index contributed by atoms with van der Waals surface area (Å²) in [6.45, 7) is 5.95. The molecule has 0 radical (unpaired) electrons. The van der Waals surface area contributed by atoms with Crippen molar-refractivity contribution >= 4 is 49.7 Å². The molecule has 1 amide bonds. The smallest absolute Gasteiger partial charge is 0.255 e. The van der Waals surface area contributed by atoms with Crippen LogP contribution in [0.25, 0.3) is 10.2 Å². The lowest BCUT2D eigenvalue weighted by Gasteiger charge is -2.22. The molecular weight excluding hydrogens is 406 g/mol. The fourth-order valence-electron chi connectivity index (χ4n) is 3.28. The van der Waals surface area contributed by atoms with Crippen LogP contribution >= 0.6 is 11.3 Å². The highest BCUT2D eigenvalue weighted by atomic mass is 32.1. The molecule has 1 N–H and O–H groups in total. The van der Waals surface area contributed by atoms with Crippen LogP contribution in [-0.2, 0) is 0 Å². The summed E-state index contributed by atoms with van der Waals surface area (Å²) in [4.78, 5) is 19.5. The largest absolute Gasteiger partial charge is 0.372 e. The Balaban J connectivity index is 1.67. The van der Waals surface area contributed by atoms with Gasteiger partial charge in [0.2, 0.25) is 5.13 Å². The van der Waals surface area contributed by atoms with Crippen LogP contribution in [0.4, 0.5) is 22.2 Å². The van der Waals surface area contributed by atoms with Gasteiger partial charge in [-0.3, -0.25) is 4.79 Å². The Labute approximate surface area is 185 Å². The number of hydrogen-bond acceptors (Lipinski definition) is 6. The summed E-state index contributed by atoms with van der Waals surface area (Å²) >= 11 is 1.48. The number of anilines is 2. The number of nitrogens with one attached hydrogen (secondary N) is 1. The molecule has 3 aromatic carbocycles. The molecule has 1 heterocycles. The van der Waals surface area contributed by atoms with Crippen molar-refractivity contribution in [2.24, 2.45) is 10.2 Å². The molecule has 0 aliphatic heterocycles. The molecule has 0 aliphatic rings. The molecule has 1 aromatic heterocycles. The van der Waals surface area contributed by atoms with Crippen LogP contribution in [0.1, 0.15) is 24.2 Å². The molecule has 0 atom stereocenters. The lowest BCUT2D eigenvalue weighted by atomic mass is 10.2. The molecule has 0 aliphatic carbocycles. The molecule has 0 spiro atoms. The summed E-state index contributed by atoms with van der Waals surface area (Å²) in [5.74, 6) is -0.186. The minimum atomic E-state index is -0.186. The number of hydrogen-bond donors (Lipinski definition) is 1. The van der Waals surface area contributed by atoms with Crippen molar-refractivity contribution in [1.29, 1.82) is 0 Å². The third kappa shape index (κ3) is 4.78. The number of carbonyl (C=O) groups excluding carboxylic acids is 1. The number of carbonyl (C=O) groups is 1. The first-order chi connectivity index (χ1) is 15.2. The van der Waals surface area contributed by atoms with E-state index in [0.717, 1.165) is 29.0 Å². The van der Waals surface area contributed by atoms with Crippen molar-refractivity contribution in [3.8, 4) is 0 Å². The molecular formula is C24H23N5OS. The Hall–Kier alpha value is -3.58. The van der Waals surface area contributed by atoms with Gasteiger partial charge in [-0.2, -0.15) is 0 Å². The number of benzene rings is 3. The van der Waals surface area contributed by atoms with Gasteiger partial charge >= 0.3 is 0 Å². The lowest BCUT2D eigenvalue weighted by Crippen LogP contribution is -2.22. The summed E-state index contributed by atoms with van der Waals surface area (Å²) in [6, 6.07) is 22.9. The van der Waals surface area contributed by atoms with E-state index in [4.69, 9.17) is 0 Å². The van der Waals surface area contributed by atoms with Crippen molar-refractivity contribution in [3.05, 3.63) is 78.4 Å². The average molecular weight is 430 g/mol. The molecule has 0 bridgehead atoms. The highest BCUT2D eigenvalue weighted by Crippen LogP contribution is 2.34. The average Bonchev–Trinajstić information content (AvgIpc) is 3.23. The van der Waals surface area contributed by atoms with E-state index in [0.29, 0.717) is 22.1 Å². The van der Waals surface area contributed by atoms with Gasteiger partial charge in [-0.1, -0.05) is 41.7 Å². The van der Waals surface area contributed by atoms with Crippen molar-refractivity contribution in [2.75, 3.05) is 23.3 Å². The van der Waals surface area contributed by atoms with Crippen molar-refractivity contribution in [1.82, 2.24) is 4.98 Å². The monoisotopic (exact) mass is 429 g/mol. The van der Waals surface area contributed by atoms with Crippen molar-refractivity contribution in [2.45, 2.75) is 13.8 Å². The fourth-order valence-corrected chi connectivity index (χ4v) is 4.07. The number of thiazole rings is 1. The number of para-hydroxylation sites is 1. The van der Waals surface area contributed by atoms with E-state index < -0.39 is 0 Å². The number of fused-ring (bicyclic) bond motifs is 1. The second kappa shape index (κ2) is 9.49. The molecule has 7 heteroatoms. The van der Waals surface area contributed by atoms with E-state index in [1.807, 2.05) is 60.7 Å². The third-order valence-electron chi connectivity index (χ3n) is 4.92. The second-order valence-electron chi connectivity index (χ2n) is 6.86. The van der Waals surface area contributed by atoms with E-state index in [-0.39, 0.29) is 5.91 Å². The Bertz CT molecular complexity index is 1180. The summed E-state index contributed by atoms with van der Waals surface area (Å²) in [6.07, 6.45) is 0. The third-order valence-corrected chi connectivity index (χ3v) is 5.84. The fraction of sp³-hybridized carbons (Fsp3) is 0.167. The van der Waals surface area contributed by atoms with Gasteiger partial charge < -0.3 is 10.2 Å². The van der Waals surface area contributed by atoms with Gasteiger partial charge in [-0.05, 0) is 56.3 Å². The zero-order valence-corrected chi connectivity index (χ0v) is 18.3. The standard InChI is InChI=1S/C24H23N5OS/c1-3-29(4-2)18-14-15-19(21(16-18)25-23(30)17-10-6-5-7-11-17)27-28-24-26-20-12-8-9-13-22(20)31-24/h5-16H,3-4H2,1-2H3,(H,25,30). The molecule has 0 saturated carbocycles. The quantitative estimate of drug-likeness (QED) is 0.328. The number of rotatable bonds is 7. The second-order valence-corrected chi connectivity index (χ2v) is 7.87. The van der Waals surface area contributed by atoms with Crippen molar-refractivity contribution in [3.63, 3.8) is 0 Å². The molecule has 0 unspecified atom stereocenters. The number of nitrogens with zero attached hydrogens (tertiary/aromatic N) is 4. The number of amides is 1. The first kappa shape index (κ1) is 20.7. The minimum absolute atomic E-state index is 0.186. The Morgan fingerprint density at radius 2 is 1.71 bits per heavy atom. The normalized spacial score (nSPS) is 11.2. The zero-order valence-electron chi connectivity index (χ0n) is 17.4. The highest BCUT2D eigenvalue weighted by molar-refractivity contribution is 7.21. The molecule has 6 nitrogen and oxygen atoms in total. The molecule has 156 valence electrons. The van der Waals surface area contributed by atoms with Crippen LogP contribution in [0.3, 0.4) is 0 Å². The van der Waals surface area contributed by atoms with E-state index >= 15 is 0 Å². The van der Waals surface area contributed by atoms with Crippen molar-refractivity contribution < 1.29 is 4.79 Å². The van der Waals surface area contributed by atoms with Crippen LogP contribution in [0.2, 0.25) is 0 Å². The SMILES string of the molecule is CCN(CC)c1ccc(N=Nc2nc3ccccc3s2)c(NC(=O)c2ccccc2)c1. The Morgan fingerprint density at radius 1 is 0.968 bits per heavy atom. The minimum Gasteiger partial charge on any atom is -0.372 e. The van der Waals surface area contributed by atoms with Gasteiger partial charge in [0.1, 0.15) is 5.69 Å². The number of aromatic nitrogens is 1. The topological polar surface area (TPSA) is 70.0 Å². The predicted molar refractivity (Wildman–Crippen MR) is 128 cm³/mol. The maximum absolute atomic E-state index is 12.8. The van der Waals surface area contributed by atoms with E-state index in [2.05, 4.69) is 39.3 Å². The molecule has 31 heavy (non-hydrogen) atoms. The summed E-state index contributed by atoms with van der Waals surface area (Å²) in [5, 5.41) is 12.3. The van der Waals surface area contributed by atoms with Gasteiger partial charge in [-0.25, -0.2) is 4.98 Å². The van der Waals surface area contributed by atoms with Gasteiger partial charge in [-0.15, -0.1) is 10.2 Å². The molecule has 0 saturated heterocycles. The van der Waals surface area contributed by atoms with Gasteiger partial charge in [0.05, 0.1) is 15.9 Å². The first-order valence-corrected chi connectivity index (χ1v) is 11.0. The first-order valence-electron chi connectivity index (χ1n) is 10.2. The van der Waals surface area contributed by atoms with E-state index in [9.17, 15) is 4.79 Å². The zero-order chi connectivity index (χ0) is 21.6. The van der Waals surface area contributed by atoms with E-state index in [1.165, 1.54) is 11.3 Å². The summed E-state index contributed by atoms with van der Waals surface area (Å²) < 4.78 is 1.06. The summed E-state index contributed by atoms with van der Waals surface area (Å²) in [5.41, 5.74) is 3.70. The van der Waals surface area contributed by atoms with E-state index in [1.54, 1.807) is 12.1 Å².